The Morgan fingerprint density at radius 2 is 1.87 bits per heavy atom. The smallest absolute Gasteiger partial charge is 0.315 e. The van der Waals surface area contributed by atoms with Crippen molar-refractivity contribution in [1.82, 2.24) is 30.5 Å². The van der Waals surface area contributed by atoms with Gasteiger partial charge in [-0.25, -0.2) is 4.79 Å². The number of hydrogen-bond donors (Lipinski definition) is 2. The molecule has 3 amide bonds. The Balaban J connectivity index is 1.23. The van der Waals surface area contributed by atoms with Crippen molar-refractivity contribution in [2.75, 3.05) is 19.6 Å². The van der Waals surface area contributed by atoms with Crippen LogP contribution in [0.1, 0.15) is 48.2 Å². The Bertz CT molecular complexity index is 830. The van der Waals surface area contributed by atoms with Crippen LogP contribution in [-0.2, 0) is 13.6 Å². The largest absolute Gasteiger partial charge is 0.338 e. The van der Waals surface area contributed by atoms with Crippen LogP contribution in [0.4, 0.5) is 4.79 Å². The zero-order chi connectivity index (χ0) is 21.3. The summed E-state index contributed by atoms with van der Waals surface area (Å²) in [6.07, 6.45) is 6.84. The molecule has 1 aliphatic heterocycles. The van der Waals surface area contributed by atoms with Gasteiger partial charge in [-0.15, -0.1) is 5.10 Å². The molecule has 1 fully saturated rings. The van der Waals surface area contributed by atoms with E-state index < -0.39 is 0 Å². The van der Waals surface area contributed by atoms with Gasteiger partial charge >= 0.3 is 6.03 Å². The molecule has 2 heterocycles. The van der Waals surface area contributed by atoms with E-state index in [1.165, 1.54) is 0 Å². The van der Waals surface area contributed by atoms with Crippen LogP contribution in [0.25, 0.3) is 0 Å². The highest BCUT2D eigenvalue weighted by Crippen LogP contribution is 2.23. The van der Waals surface area contributed by atoms with Crippen LogP contribution in [0.5, 0.6) is 0 Å². The van der Waals surface area contributed by atoms with E-state index in [-0.39, 0.29) is 11.9 Å². The number of unbranched alkanes of at least 4 members (excludes halogenated alkanes) is 1. The van der Waals surface area contributed by atoms with E-state index in [4.69, 9.17) is 11.6 Å². The molecule has 30 heavy (non-hydrogen) atoms. The minimum Gasteiger partial charge on any atom is -0.338 e. The number of urea groups is 1. The van der Waals surface area contributed by atoms with Gasteiger partial charge in [0.2, 0.25) is 0 Å². The molecule has 162 valence electrons. The van der Waals surface area contributed by atoms with Gasteiger partial charge in [0.1, 0.15) is 0 Å². The van der Waals surface area contributed by atoms with Gasteiger partial charge in [0, 0.05) is 38.2 Å². The maximum Gasteiger partial charge on any atom is 0.315 e. The van der Waals surface area contributed by atoms with Gasteiger partial charge in [0.05, 0.1) is 6.20 Å². The molecule has 1 aliphatic rings. The fourth-order valence-electron chi connectivity index (χ4n) is 3.64. The molecule has 2 aromatic rings. The fraction of sp³-hybridized carbons (Fsp3) is 0.524. The number of carbonyl (C=O) groups excluding carboxylic acids is 2. The quantitative estimate of drug-likeness (QED) is 0.627. The monoisotopic (exact) mass is 432 g/mol. The highest BCUT2D eigenvalue weighted by molar-refractivity contribution is 6.30. The fourth-order valence-corrected chi connectivity index (χ4v) is 3.77. The molecule has 0 saturated carbocycles. The maximum absolute atomic E-state index is 12.4. The van der Waals surface area contributed by atoms with E-state index in [1.807, 2.05) is 29.2 Å². The van der Waals surface area contributed by atoms with Crippen LogP contribution in [0.3, 0.4) is 0 Å². The Kier molecular flexibility index (Phi) is 8.07. The average molecular weight is 433 g/mol. The van der Waals surface area contributed by atoms with E-state index in [9.17, 15) is 9.59 Å². The minimum atomic E-state index is -0.152. The molecule has 0 radical (unpaired) electrons. The lowest BCUT2D eigenvalue weighted by Crippen LogP contribution is -2.38. The number of hydrogen-bond acceptors (Lipinski definition) is 4. The van der Waals surface area contributed by atoms with Gasteiger partial charge in [-0.05, 0) is 42.9 Å². The van der Waals surface area contributed by atoms with Crippen LogP contribution >= 0.6 is 11.6 Å². The molecule has 9 heteroatoms. The number of aryl methyl sites for hydroxylation is 1. The number of aromatic nitrogens is 3. The van der Waals surface area contributed by atoms with Gasteiger partial charge in [0.15, 0.2) is 5.69 Å². The van der Waals surface area contributed by atoms with Crippen molar-refractivity contribution in [3.63, 3.8) is 0 Å². The maximum atomic E-state index is 12.4. The number of nitrogens with one attached hydrogen (secondary N) is 2. The summed E-state index contributed by atoms with van der Waals surface area (Å²) >= 11 is 5.85. The zero-order valence-corrected chi connectivity index (χ0v) is 18.1. The van der Waals surface area contributed by atoms with Gasteiger partial charge < -0.3 is 15.5 Å². The summed E-state index contributed by atoms with van der Waals surface area (Å²) in [5, 5.41) is 14.2. The number of piperidine rings is 1. The number of likely N-dealkylation sites (tertiary alicyclic amines) is 1. The lowest BCUT2D eigenvalue weighted by atomic mass is 9.91. The number of halogens is 1. The summed E-state index contributed by atoms with van der Waals surface area (Å²) in [4.78, 5) is 26.1. The molecule has 2 N–H and O–H groups in total. The third-order valence-electron chi connectivity index (χ3n) is 5.41. The summed E-state index contributed by atoms with van der Waals surface area (Å²) in [6, 6.07) is 7.27. The second-order valence-corrected chi connectivity index (χ2v) is 8.18. The first-order valence-corrected chi connectivity index (χ1v) is 10.8. The molecule has 0 aliphatic carbocycles. The van der Waals surface area contributed by atoms with E-state index >= 15 is 0 Å². The van der Waals surface area contributed by atoms with Crippen LogP contribution in [-0.4, -0.2) is 51.5 Å². The normalized spacial score (nSPS) is 14.5. The Morgan fingerprint density at radius 3 is 2.53 bits per heavy atom. The molecule has 0 atom stereocenters. The predicted molar refractivity (Wildman–Crippen MR) is 115 cm³/mol. The van der Waals surface area contributed by atoms with Gasteiger partial charge in [-0.3, -0.25) is 9.48 Å². The molecule has 8 nitrogen and oxygen atoms in total. The molecular formula is C21H29ClN6O2. The van der Waals surface area contributed by atoms with Crippen molar-refractivity contribution in [1.29, 1.82) is 0 Å². The number of nitrogens with zero attached hydrogens (tertiary/aromatic N) is 4. The first-order valence-electron chi connectivity index (χ1n) is 10.4. The Labute approximate surface area is 182 Å². The van der Waals surface area contributed by atoms with Crippen LogP contribution < -0.4 is 10.6 Å². The third kappa shape index (κ3) is 6.73. The highest BCUT2D eigenvalue weighted by atomic mass is 35.5. The summed E-state index contributed by atoms with van der Waals surface area (Å²) in [6.45, 7) is 2.68. The van der Waals surface area contributed by atoms with Gasteiger partial charge in [0.25, 0.3) is 5.91 Å². The van der Waals surface area contributed by atoms with Crippen molar-refractivity contribution in [3.05, 3.63) is 46.7 Å². The van der Waals surface area contributed by atoms with Crippen LogP contribution in [0.2, 0.25) is 5.02 Å². The molecule has 1 saturated heterocycles. The molecule has 0 bridgehead atoms. The molecule has 0 spiro atoms. The number of carbonyl (C=O) groups is 2. The zero-order valence-electron chi connectivity index (χ0n) is 17.3. The number of rotatable bonds is 8. The first kappa shape index (κ1) is 22.1. The van der Waals surface area contributed by atoms with Crippen molar-refractivity contribution in [2.45, 2.75) is 38.6 Å². The van der Waals surface area contributed by atoms with Crippen molar-refractivity contribution < 1.29 is 9.59 Å². The van der Waals surface area contributed by atoms with Crippen molar-refractivity contribution >= 4 is 23.5 Å². The third-order valence-corrected chi connectivity index (χ3v) is 5.67. The van der Waals surface area contributed by atoms with Gasteiger partial charge in [-0.2, -0.15) is 0 Å². The van der Waals surface area contributed by atoms with Gasteiger partial charge in [-0.1, -0.05) is 41.8 Å². The lowest BCUT2D eigenvalue weighted by Gasteiger charge is -2.31. The molecule has 1 aromatic carbocycles. The lowest BCUT2D eigenvalue weighted by molar-refractivity contribution is 0.0679. The number of amides is 3. The van der Waals surface area contributed by atoms with Crippen LogP contribution in [0.15, 0.2) is 30.5 Å². The van der Waals surface area contributed by atoms with E-state index in [0.717, 1.165) is 50.8 Å². The van der Waals surface area contributed by atoms with E-state index in [2.05, 4.69) is 20.9 Å². The summed E-state index contributed by atoms with van der Waals surface area (Å²) in [5.41, 5.74) is 1.43. The standard InChI is InChI=1S/C21H29ClN6O2/c1-27-15-19(25-26-27)20(29)28-12-9-16(10-13-28)4-2-3-11-23-21(30)24-14-17-5-7-18(22)8-6-17/h5-8,15-16H,2-4,9-14H2,1H3,(H2,23,24,30). The minimum absolute atomic E-state index is 0.0321. The van der Waals surface area contributed by atoms with E-state index in [1.54, 1.807) is 17.9 Å². The predicted octanol–water partition coefficient (Wildman–Crippen LogP) is 2.99. The Morgan fingerprint density at radius 1 is 1.13 bits per heavy atom. The average Bonchev–Trinajstić information content (AvgIpc) is 3.19. The number of benzene rings is 1. The highest BCUT2D eigenvalue weighted by Gasteiger charge is 2.24. The first-order chi connectivity index (χ1) is 14.5. The molecule has 0 unspecified atom stereocenters. The van der Waals surface area contributed by atoms with Crippen molar-refractivity contribution in [3.8, 4) is 0 Å². The van der Waals surface area contributed by atoms with Crippen LogP contribution in [0, 0.1) is 5.92 Å². The molecular weight excluding hydrogens is 404 g/mol. The SMILES string of the molecule is Cn1cc(C(=O)N2CCC(CCCCNC(=O)NCc3ccc(Cl)cc3)CC2)nn1. The molecule has 1 aromatic heterocycles. The van der Waals surface area contributed by atoms with E-state index in [0.29, 0.717) is 29.7 Å². The molecule has 3 rings (SSSR count). The second-order valence-electron chi connectivity index (χ2n) is 7.74. The second kappa shape index (κ2) is 11.0. The topological polar surface area (TPSA) is 92.2 Å². The Hall–Kier alpha value is -2.61. The summed E-state index contributed by atoms with van der Waals surface area (Å²) in [7, 11) is 1.76. The summed E-state index contributed by atoms with van der Waals surface area (Å²) in [5.74, 6) is 0.602. The summed E-state index contributed by atoms with van der Waals surface area (Å²) < 4.78 is 1.55. The van der Waals surface area contributed by atoms with Crippen molar-refractivity contribution in [2.24, 2.45) is 13.0 Å².